The Kier molecular flexibility index (Phi) is 3.64. The lowest BCUT2D eigenvalue weighted by atomic mass is 10.1. The van der Waals surface area contributed by atoms with Crippen LogP contribution in [0.2, 0.25) is 0 Å². The Bertz CT molecular complexity index is 548. The Labute approximate surface area is 108 Å². The van der Waals surface area contributed by atoms with Crippen LogP contribution in [0.4, 0.5) is 0 Å². The minimum atomic E-state index is -3.65. The molecule has 0 saturated heterocycles. The lowest BCUT2D eigenvalue weighted by Crippen LogP contribution is -2.14. The SMILES string of the molecule is Cc1cc(S(N)(=O)=O)c(C)cc1OCCC1CC1. The van der Waals surface area contributed by atoms with Gasteiger partial charge in [0, 0.05) is 0 Å². The molecule has 5 heteroatoms. The van der Waals surface area contributed by atoms with Crippen LogP contribution >= 0.6 is 0 Å². The van der Waals surface area contributed by atoms with E-state index in [0.29, 0.717) is 12.2 Å². The van der Waals surface area contributed by atoms with Gasteiger partial charge in [-0.1, -0.05) is 12.8 Å². The Balaban J connectivity index is 2.14. The molecule has 100 valence electrons. The average molecular weight is 269 g/mol. The minimum Gasteiger partial charge on any atom is -0.493 e. The predicted octanol–water partition coefficient (Wildman–Crippen LogP) is 2.13. The number of hydrogen-bond acceptors (Lipinski definition) is 3. The van der Waals surface area contributed by atoms with Crippen LogP contribution < -0.4 is 9.88 Å². The molecule has 0 bridgehead atoms. The van der Waals surface area contributed by atoms with Crippen molar-refractivity contribution in [2.45, 2.75) is 38.0 Å². The Morgan fingerprint density at radius 3 is 2.50 bits per heavy atom. The summed E-state index contributed by atoms with van der Waals surface area (Å²) < 4.78 is 28.4. The van der Waals surface area contributed by atoms with Gasteiger partial charge in [-0.25, -0.2) is 13.6 Å². The number of primary sulfonamides is 1. The van der Waals surface area contributed by atoms with Crippen molar-refractivity contribution < 1.29 is 13.2 Å². The highest BCUT2D eigenvalue weighted by atomic mass is 32.2. The maximum atomic E-state index is 11.4. The molecule has 1 fully saturated rings. The molecule has 2 N–H and O–H groups in total. The van der Waals surface area contributed by atoms with Gasteiger partial charge in [-0.2, -0.15) is 0 Å². The van der Waals surface area contributed by atoms with Gasteiger partial charge < -0.3 is 4.74 Å². The molecule has 1 aliphatic carbocycles. The van der Waals surface area contributed by atoms with E-state index in [1.807, 2.05) is 6.92 Å². The zero-order valence-electron chi connectivity index (χ0n) is 10.8. The van der Waals surface area contributed by atoms with E-state index in [0.717, 1.165) is 23.7 Å². The fourth-order valence-electron chi connectivity index (χ4n) is 1.97. The molecule has 0 amide bonds. The van der Waals surface area contributed by atoms with Crippen molar-refractivity contribution in [2.75, 3.05) is 6.61 Å². The summed E-state index contributed by atoms with van der Waals surface area (Å²) in [4.78, 5) is 0.176. The van der Waals surface area contributed by atoms with Gasteiger partial charge in [0.1, 0.15) is 5.75 Å². The normalized spacial score (nSPS) is 15.7. The van der Waals surface area contributed by atoms with Crippen molar-refractivity contribution >= 4 is 10.0 Å². The van der Waals surface area contributed by atoms with Crippen LogP contribution in [0.25, 0.3) is 0 Å². The largest absolute Gasteiger partial charge is 0.493 e. The van der Waals surface area contributed by atoms with Crippen LogP contribution in [0.5, 0.6) is 5.75 Å². The molecule has 1 aliphatic rings. The highest BCUT2D eigenvalue weighted by Crippen LogP contribution is 2.33. The van der Waals surface area contributed by atoms with Crippen molar-refractivity contribution in [1.82, 2.24) is 0 Å². The lowest BCUT2D eigenvalue weighted by molar-refractivity contribution is 0.300. The second-order valence-electron chi connectivity index (χ2n) is 5.01. The molecule has 0 unspecified atom stereocenters. The van der Waals surface area contributed by atoms with Crippen LogP contribution in [0, 0.1) is 19.8 Å². The number of aryl methyl sites for hydroxylation is 2. The minimum absolute atomic E-state index is 0.176. The van der Waals surface area contributed by atoms with Gasteiger partial charge in [0.15, 0.2) is 0 Å². The third kappa shape index (κ3) is 3.23. The number of benzene rings is 1. The lowest BCUT2D eigenvalue weighted by Gasteiger charge is -2.12. The van der Waals surface area contributed by atoms with Crippen molar-refractivity contribution in [1.29, 1.82) is 0 Å². The van der Waals surface area contributed by atoms with Gasteiger partial charge in [0.2, 0.25) is 10.0 Å². The molecule has 18 heavy (non-hydrogen) atoms. The quantitative estimate of drug-likeness (QED) is 0.890. The molecule has 0 spiro atoms. The molecule has 0 radical (unpaired) electrons. The van der Waals surface area contributed by atoms with Gasteiger partial charge in [-0.05, 0) is 49.4 Å². The van der Waals surface area contributed by atoms with Crippen molar-refractivity contribution in [3.05, 3.63) is 23.3 Å². The van der Waals surface area contributed by atoms with E-state index >= 15 is 0 Å². The summed E-state index contributed by atoms with van der Waals surface area (Å²) in [7, 11) is -3.65. The van der Waals surface area contributed by atoms with E-state index in [-0.39, 0.29) is 4.90 Å². The van der Waals surface area contributed by atoms with Crippen LogP contribution in [-0.2, 0) is 10.0 Å². The summed E-state index contributed by atoms with van der Waals surface area (Å²) >= 11 is 0. The van der Waals surface area contributed by atoms with Gasteiger partial charge in [-0.15, -0.1) is 0 Å². The van der Waals surface area contributed by atoms with Gasteiger partial charge >= 0.3 is 0 Å². The summed E-state index contributed by atoms with van der Waals surface area (Å²) in [5.41, 5.74) is 1.44. The second-order valence-corrected chi connectivity index (χ2v) is 6.54. The van der Waals surface area contributed by atoms with Gasteiger partial charge in [0.25, 0.3) is 0 Å². The van der Waals surface area contributed by atoms with Crippen molar-refractivity contribution in [3.8, 4) is 5.75 Å². The summed E-state index contributed by atoms with van der Waals surface area (Å²) in [6, 6.07) is 3.33. The van der Waals surface area contributed by atoms with Crippen LogP contribution in [-0.4, -0.2) is 15.0 Å². The fraction of sp³-hybridized carbons (Fsp3) is 0.538. The van der Waals surface area contributed by atoms with Gasteiger partial charge in [0.05, 0.1) is 11.5 Å². The highest BCUT2D eigenvalue weighted by molar-refractivity contribution is 7.89. The third-order valence-corrected chi connectivity index (χ3v) is 4.31. The Morgan fingerprint density at radius 1 is 1.28 bits per heavy atom. The number of sulfonamides is 1. The number of nitrogens with two attached hydrogens (primary N) is 1. The molecule has 0 heterocycles. The van der Waals surface area contributed by atoms with Crippen molar-refractivity contribution in [2.24, 2.45) is 11.1 Å². The first kappa shape index (κ1) is 13.4. The summed E-state index contributed by atoms with van der Waals surface area (Å²) in [6.45, 7) is 4.26. The number of ether oxygens (including phenoxy) is 1. The standard InChI is InChI=1S/C13H19NO3S/c1-9-8-13(18(14,15)16)10(2)7-12(9)17-6-5-11-3-4-11/h7-8,11H,3-6H2,1-2H3,(H2,14,15,16). The van der Waals surface area contributed by atoms with Crippen molar-refractivity contribution in [3.63, 3.8) is 0 Å². The molecule has 0 aliphatic heterocycles. The fourth-order valence-corrected chi connectivity index (χ4v) is 2.82. The maximum absolute atomic E-state index is 11.4. The van der Waals surface area contributed by atoms with Gasteiger partial charge in [-0.3, -0.25) is 0 Å². The predicted molar refractivity (Wildman–Crippen MR) is 70.1 cm³/mol. The van der Waals surface area contributed by atoms with Crippen LogP contribution in [0.15, 0.2) is 17.0 Å². The average Bonchev–Trinajstić information content (AvgIpc) is 3.05. The zero-order valence-corrected chi connectivity index (χ0v) is 11.6. The van der Waals surface area contributed by atoms with E-state index in [9.17, 15) is 8.42 Å². The van der Waals surface area contributed by atoms with Crippen LogP contribution in [0.1, 0.15) is 30.4 Å². The molecule has 1 aromatic rings. The molecule has 1 saturated carbocycles. The molecule has 0 aromatic heterocycles. The molecule has 2 rings (SSSR count). The van der Waals surface area contributed by atoms with Crippen LogP contribution in [0.3, 0.4) is 0 Å². The van der Waals surface area contributed by atoms with E-state index in [1.54, 1.807) is 19.1 Å². The molecular weight excluding hydrogens is 250 g/mol. The van der Waals surface area contributed by atoms with E-state index in [4.69, 9.17) is 9.88 Å². The first-order chi connectivity index (χ1) is 8.38. The summed E-state index contributed by atoms with van der Waals surface area (Å²) in [6.07, 6.45) is 3.70. The van der Waals surface area contributed by atoms with E-state index in [1.165, 1.54) is 12.8 Å². The molecule has 1 aromatic carbocycles. The monoisotopic (exact) mass is 269 g/mol. The molecule has 0 atom stereocenters. The number of rotatable bonds is 5. The molecular formula is C13H19NO3S. The zero-order chi connectivity index (χ0) is 13.3. The highest BCUT2D eigenvalue weighted by Gasteiger charge is 2.21. The summed E-state index contributed by atoms with van der Waals surface area (Å²) in [5, 5.41) is 5.16. The maximum Gasteiger partial charge on any atom is 0.238 e. The number of hydrogen-bond donors (Lipinski definition) is 1. The Hall–Kier alpha value is -1.07. The first-order valence-electron chi connectivity index (χ1n) is 6.15. The van der Waals surface area contributed by atoms with E-state index in [2.05, 4.69) is 0 Å². The smallest absolute Gasteiger partial charge is 0.238 e. The first-order valence-corrected chi connectivity index (χ1v) is 7.69. The summed E-state index contributed by atoms with van der Waals surface area (Å²) in [5.74, 6) is 1.58. The van der Waals surface area contributed by atoms with E-state index < -0.39 is 10.0 Å². The second kappa shape index (κ2) is 4.90. The third-order valence-electron chi connectivity index (χ3n) is 3.26. The molecule has 4 nitrogen and oxygen atoms in total. The Morgan fingerprint density at radius 2 is 1.94 bits per heavy atom. The topological polar surface area (TPSA) is 69.4 Å².